The molecule has 1 heterocycles. The van der Waals surface area contributed by atoms with Crippen molar-refractivity contribution in [2.45, 2.75) is 90.6 Å². The summed E-state index contributed by atoms with van der Waals surface area (Å²) < 4.78 is 6.16. The van der Waals surface area contributed by atoms with Crippen LogP contribution in [0, 0.1) is 5.92 Å². The van der Waals surface area contributed by atoms with E-state index in [-0.39, 0.29) is 0 Å². The van der Waals surface area contributed by atoms with Crippen molar-refractivity contribution in [1.29, 1.82) is 0 Å². The van der Waals surface area contributed by atoms with E-state index in [2.05, 4.69) is 38.1 Å². The average Bonchev–Trinajstić information content (AvgIpc) is 2.60. The quantitative estimate of drug-likeness (QED) is 0.428. The standard InChI is InChI=1S/C22H36O/c1-3-5-7-9-10-19-12-15-21(16-13-19)22-17-14-20(18-23-22)11-8-6-4-2/h12-13,15-16,20,22H,3-11,14,17-18H2,1-2H3. The molecule has 0 bridgehead atoms. The van der Waals surface area contributed by atoms with Gasteiger partial charge in [-0.2, -0.15) is 0 Å². The molecule has 130 valence electrons. The van der Waals surface area contributed by atoms with Gasteiger partial charge in [-0.25, -0.2) is 0 Å². The lowest BCUT2D eigenvalue weighted by atomic mass is 9.90. The fraction of sp³-hybridized carbons (Fsp3) is 0.727. The van der Waals surface area contributed by atoms with Crippen molar-refractivity contribution in [1.82, 2.24) is 0 Å². The topological polar surface area (TPSA) is 9.23 Å². The minimum Gasteiger partial charge on any atom is -0.373 e. The van der Waals surface area contributed by atoms with Crippen LogP contribution in [0.4, 0.5) is 0 Å². The summed E-state index contributed by atoms with van der Waals surface area (Å²) in [7, 11) is 0. The number of unbranched alkanes of at least 4 members (excludes halogenated alkanes) is 5. The van der Waals surface area contributed by atoms with Gasteiger partial charge in [0.15, 0.2) is 0 Å². The number of hydrogen-bond donors (Lipinski definition) is 0. The second-order valence-electron chi connectivity index (χ2n) is 7.31. The summed E-state index contributed by atoms with van der Waals surface area (Å²) in [4.78, 5) is 0. The molecule has 2 rings (SSSR count). The molecular formula is C22H36O. The third-order valence-corrected chi connectivity index (χ3v) is 5.26. The molecule has 2 unspecified atom stereocenters. The number of benzene rings is 1. The van der Waals surface area contributed by atoms with Crippen LogP contribution in [0.2, 0.25) is 0 Å². The van der Waals surface area contributed by atoms with Crippen LogP contribution in [0.5, 0.6) is 0 Å². The molecule has 0 radical (unpaired) electrons. The van der Waals surface area contributed by atoms with E-state index in [1.165, 1.54) is 81.8 Å². The molecule has 1 aromatic rings. The first-order valence-corrected chi connectivity index (χ1v) is 10.0. The van der Waals surface area contributed by atoms with Gasteiger partial charge in [-0.3, -0.25) is 0 Å². The van der Waals surface area contributed by atoms with Gasteiger partial charge in [-0.15, -0.1) is 0 Å². The van der Waals surface area contributed by atoms with Gasteiger partial charge in [-0.05, 0) is 49.1 Å². The predicted octanol–water partition coefficient (Wildman–Crippen LogP) is 6.86. The molecule has 0 aromatic heterocycles. The molecule has 0 aliphatic carbocycles. The van der Waals surface area contributed by atoms with Crippen molar-refractivity contribution in [3.63, 3.8) is 0 Å². The molecule has 2 atom stereocenters. The van der Waals surface area contributed by atoms with Crippen LogP contribution in [0.25, 0.3) is 0 Å². The number of aryl methyl sites for hydroxylation is 1. The fourth-order valence-electron chi connectivity index (χ4n) is 3.63. The van der Waals surface area contributed by atoms with Crippen LogP contribution in [-0.4, -0.2) is 6.61 Å². The molecule has 0 spiro atoms. The Labute approximate surface area is 143 Å². The van der Waals surface area contributed by atoms with Crippen LogP contribution >= 0.6 is 0 Å². The van der Waals surface area contributed by atoms with Crippen molar-refractivity contribution in [3.8, 4) is 0 Å². The Morgan fingerprint density at radius 2 is 1.61 bits per heavy atom. The first-order chi connectivity index (χ1) is 11.3. The Kier molecular flexibility index (Phi) is 8.74. The average molecular weight is 317 g/mol. The first-order valence-electron chi connectivity index (χ1n) is 10.0. The zero-order valence-corrected chi connectivity index (χ0v) is 15.4. The van der Waals surface area contributed by atoms with Crippen LogP contribution in [-0.2, 0) is 11.2 Å². The van der Waals surface area contributed by atoms with Crippen molar-refractivity contribution >= 4 is 0 Å². The summed E-state index contributed by atoms with van der Waals surface area (Å²) in [6.45, 7) is 5.52. The maximum Gasteiger partial charge on any atom is 0.0825 e. The molecule has 1 aromatic carbocycles. The molecular weight excluding hydrogens is 280 g/mol. The van der Waals surface area contributed by atoms with Gasteiger partial charge in [0.1, 0.15) is 0 Å². The largest absolute Gasteiger partial charge is 0.373 e. The molecule has 0 saturated carbocycles. The highest BCUT2D eigenvalue weighted by molar-refractivity contribution is 5.24. The number of hydrogen-bond acceptors (Lipinski definition) is 1. The molecule has 1 heteroatoms. The normalized spacial score (nSPS) is 21.5. The van der Waals surface area contributed by atoms with Gasteiger partial charge >= 0.3 is 0 Å². The third kappa shape index (κ3) is 6.67. The third-order valence-electron chi connectivity index (χ3n) is 5.26. The van der Waals surface area contributed by atoms with E-state index >= 15 is 0 Å². The van der Waals surface area contributed by atoms with Crippen molar-refractivity contribution < 1.29 is 4.74 Å². The van der Waals surface area contributed by atoms with Crippen molar-refractivity contribution in [3.05, 3.63) is 35.4 Å². The predicted molar refractivity (Wildman–Crippen MR) is 99.8 cm³/mol. The smallest absolute Gasteiger partial charge is 0.0825 e. The minimum absolute atomic E-state index is 0.339. The zero-order chi connectivity index (χ0) is 16.3. The Balaban J connectivity index is 1.71. The van der Waals surface area contributed by atoms with Crippen LogP contribution in [0.3, 0.4) is 0 Å². The maximum atomic E-state index is 6.16. The Bertz CT molecular complexity index is 400. The SMILES string of the molecule is CCCCCCc1ccc(C2CCC(CCCCC)CO2)cc1. The van der Waals surface area contributed by atoms with E-state index in [1.807, 2.05) is 0 Å². The highest BCUT2D eigenvalue weighted by Crippen LogP contribution is 2.32. The summed E-state index contributed by atoms with van der Waals surface area (Å²) in [5.41, 5.74) is 2.87. The van der Waals surface area contributed by atoms with Crippen molar-refractivity contribution in [2.24, 2.45) is 5.92 Å². The van der Waals surface area contributed by atoms with Gasteiger partial charge < -0.3 is 4.74 Å². The molecule has 1 aliphatic rings. The van der Waals surface area contributed by atoms with Crippen LogP contribution < -0.4 is 0 Å². The first kappa shape index (κ1) is 18.5. The molecule has 0 N–H and O–H groups in total. The summed E-state index contributed by atoms with van der Waals surface area (Å²) in [5, 5.41) is 0. The van der Waals surface area contributed by atoms with E-state index in [9.17, 15) is 0 Å². The summed E-state index contributed by atoms with van der Waals surface area (Å²) in [6, 6.07) is 9.24. The van der Waals surface area contributed by atoms with Gasteiger partial charge in [0, 0.05) is 0 Å². The second kappa shape index (κ2) is 10.9. The van der Waals surface area contributed by atoms with Gasteiger partial charge in [0.2, 0.25) is 0 Å². The Morgan fingerprint density at radius 3 is 2.26 bits per heavy atom. The second-order valence-corrected chi connectivity index (χ2v) is 7.31. The summed E-state index contributed by atoms with van der Waals surface area (Å²) in [5.74, 6) is 0.802. The molecule has 1 fully saturated rings. The Hall–Kier alpha value is -0.820. The fourth-order valence-corrected chi connectivity index (χ4v) is 3.63. The van der Waals surface area contributed by atoms with E-state index in [0.29, 0.717) is 6.10 Å². The lowest BCUT2D eigenvalue weighted by Gasteiger charge is -2.29. The number of ether oxygens (including phenoxy) is 1. The summed E-state index contributed by atoms with van der Waals surface area (Å²) >= 11 is 0. The molecule has 1 nitrogen and oxygen atoms in total. The van der Waals surface area contributed by atoms with Gasteiger partial charge in [0.25, 0.3) is 0 Å². The zero-order valence-electron chi connectivity index (χ0n) is 15.4. The minimum atomic E-state index is 0.339. The van der Waals surface area contributed by atoms with Crippen LogP contribution in [0.1, 0.15) is 95.3 Å². The molecule has 0 amide bonds. The lowest BCUT2D eigenvalue weighted by Crippen LogP contribution is -2.20. The lowest BCUT2D eigenvalue weighted by molar-refractivity contribution is -0.0198. The highest BCUT2D eigenvalue weighted by Gasteiger charge is 2.22. The van der Waals surface area contributed by atoms with Gasteiger partial charge in [0.05, 0.1) is 12.7 Å². The summed E-state index contributed by atoms with van der Waals surface area (Å²) in [6.07, 6.45) is 14.9. The van der Waals surface area contributed by atoms with E-state index < -0.39 is 0 Å². The van der Waals surface area contributed by atoms with Crippen molar-refractivity contribution in [2.75, 3.05) is 6.61 Å². The number of rotatable bonds is 10. The highest BCUT2D eigenvalue weighted by atomic mass is 16.5. The van der Waals surface area contributed by atoms with Gasteiger partial charge in [-0.1, -0.05) is 76.6 Å². The molecule has 23 heavy (non-hydrogen) atoms. The van der Waals surface area contributed by atoms with Crippen LogP contribution in [0.15, 0.2) is 24.3 Å². The monoisotopic (exact) mass is 316 g/mol. The van der Waals surface area contributed by atoms with E-state index in [4.69, 9.17) is 4.74 Å². The van der Waals surface area contributed by atoms with E-state index in [0.717, 1.165) is 12.5 Å². The molecule has 1 aliphatic heterocycles. The van der Waals surface area contributed by atoms with E-state index in [1.54, 1.807) is 0 Å². The Morgan fingerprint density at radius 1 is 0.870 bits per heavy atom. The maximum absolute atomic E-state index is 6.16. The molecule has 1 saturated heterocycles.